The summed E-state index contributed by atoms with van der Waals surface area (Å²) in [4.78, 5) is 33.7. The fourth-order valence-corrected chi connectivity index (χ4v) is 5.20. The molecule has 35 heavy (non-hydrogen) atoms. The Hall–Kier alpha value is -2.12. The van der Waals surface area contributed by atoms with E-state index in [9.17, 15) is 9.59 Å². The summed E-state index contributed by atoms with van der Waals surface area (Å²) in [5.74, 6) is 0.102. The van der Waals surface area contributed by atoms with E-state index >= 15 is 0 Å². The zero-order chi connectivity index (χ0) is 25.0. The predicted molar refractivity (Wildman–Crippen MR) is 140 cm³/mol. The maximum atomic E-state index is 13.2. The van der Waals surface area contributed by atoms with Crippen molar-refractivity contribution in [3.05, 3.63) is 35.4 Å². The smallest absolute Gasteiger partial charge is 0.352 e. The molecule has 7 nitrogen and oxygen atoms in total. The van der Waals surface area contributed by atoms with Gasteiger partial charge in [0, 0.05) is 37.2 Å². The van der Waals surface area contributed by atoms with E-state index < -0.39 is 6.09 Å². The van der Waals surface area contributed by atoms with E-state index in [1.54, 1.807) is 0 Å². The van der Waals surface area contributed by atoms with Gasteiger partial charge < -0.3 is 15.1 Å². The van der Waals surface area contributed by atoms with Crippen molar-refractivity contribution in [3.8, 4) is 0 Å². The van der Waals surface area contributed by atoms with Crippen molar-refractivity contribution in [1.82, 2.24) is 20.6 Å². The first-order valence-electron chi connectivity index (χ1n) is 13.8. The monoisotopic (exact) mass is 486 g/mol. The Bertz CT molecular complexity index is 785. The molecule has 2 fully saturated rings. The summed E-state index contributed by atoms with van der Waals surface area (Å²) in [5, 5.41) is 2.69. The molecule has 1 aromatic rings. The summed E-state index contributed by atoms with van der Waals surface area (Å²) in [5.41, 5.74) is 4.41. The molecule has 0 aromatic heterocycles. The number of benzene rings is 1. The van der Waals surface area contributed by atoms with Crippen LogP contribution in [0.1, 0.15) is 101 Å². The third-order valence-electron chi connectivity index (χ3n) is 7.40. The zero-order valence-corrected chi connectivity index (χ0v) is 22.1. The molecule has 0 radical (unpaired) electrons. The van der Waals surface area contributed by atoms with Crippen LogP contribution < -0.4 is 10.8 Å². The molecule has 0 aliphatic carbocycles. The minimum absolute atomic E-state index is 0.102. The molecule has 3 atom stereocenters. The van der Waals surface area contributed by atoms with Gasteiger partial charge in [-0.2, -0.15) is 0 Å². The van der Waals surface area contributed by atoms with Gasteiger partial charge in [-0.15, -0.1) is 5.48 Å². The number of rotatable bonds is 14. The number of nitrogens with zero attached hydrogens (tertiary/aromatic N) is 2. The Morgan fingerprint density at radius 3 is 2.14 bits per heavy atom. The van der Waals surface area contributed by atoms with E-state index in [0.29, 0.717) is 12.5 Å². The highest BCUT2D eigenvalue weighted by Crippen LogP contribution is 2.20. The van der Waals surface area contributed by atoms with E-state index in [1.165, 1.54) is 64.2 Å². The minimum atomic E-state index is -0.461. The van der Waals surface area contributed by atoms with E-state index in [1.807, 2.05) is 29.2 Å². The van der Waals surface area contributed by atoms with E-state index in [0.717, 1.165) is 30.8 Å². The summed E-state index contributed by atoms with van der Waals surface area (Å²) in [6, 6.07) is 8.27. The molecule has 3 unspecified atom stereocenters. The molecule has 2 amide bonds. The molecule has 0 spiro atoms. The number of piperazine rings is 1. The Morgan fingerprint density at radius 1 is 0.914 bits per heavy atom. The summed E-state index contributed by atoms with van der Waals surface area (Å²) in [6.45, 7) is 9.53. The first-order valence-corrected chi connectivity index (χ1v) is 13.8. The van der Waals surface area contributed by atoms with Gasteiger partial charge in [-0.05, 0) is 44.5 Å². The normalized spacial score (nSPS) is 22.8. The van der Waals surface area contributed by atoms with Gasteiger partial charge in [0.1, 0.15) is 6.17 Å². The molecular formula is C28H46N4O3. The molecule has 0 saturated carbocycles. The average molecular weight is 487 g/mol. The number of amides is 2. The van der Waals surface area contributed by atoms with Gasteiger partial charge in [-0.1, -0.05) is 76.8 Å². The van der Waals surface area contributed by atoms with Gasteiger partial charge in [-0.25, -0.2) is 4.79 Å². The quantitative estimate of drug-likeness (QED) is 0.351. The third kappa shape index (κ3) is 8.80. The second-order valence-electron chi connectivity index (χ2n) is 10.4. The third-order valence-corrected chi connectivity index (χ3v) is 7.40. The molecule has 0 bridgehead atoms. The summed E-state index contributed by atoms with van der Waals surface area (Å²) in [7, 11) is 0. The largest absolute Gasteiger partial charge is 0.427 e. The maximum Gasteiger partial charge on any atom is 0.427 e. The van der Waals surface area contributed by atoms with Gasteiger partial charge in [0.15, 0.2) is 0 Å². The second-order valence-corrected chi connectivity index (χ2v) is 10.4. The van der Waals surface area contributed by atoms with Crippen molar-refractivity contribution >= 4 is 12.0 Å². The van der Waals surface area contributed by atoms with Crippen LogP contribution in [0.25, 0.3) is 0 Å². The van der Waals surface area contributed by atoms with Gasteiger partial charge in [-0.3, -0.25) is 9.69 Å². The molecule has 2 saturated heterocycles. The Labute approximate surface area is 211 Å². The molecule has 2 heterocycles. The van der Waals surface area contributed by atoms with Crippen LogP contribution in [0.4, 0.5) is 4.79 Å². The predicted octanol–water partition coefficient (Wildman–Crippen LogP) is 5.26. The SMILES string of the molecule is CCCCCCCCCCCCN1CC(C)N(C(=O)c2ccc(CC3NOC(=O)N3)cc2)CC1C. The fourth-order valence-electron chi connectivity index (χ4n) is 5.20. The molecule has 2 N–H and O–H groups in total. The van der Waals surface area contributed by atoms with Crippen molar-refractivity contribution in [2.75, 3.05) is 19.6 Å². The first kappa shape index (κ1) is 27.5. The van der Waals surface area contributed by atoms with Crippen molar-refractivity contribution in [1.29, 1.82) is 0 Å². The summed E-state index contributed by atoms with van der Waals surface area (Å²) < 4.78 is 0. The second kappa shape index (κ2) is 14.4. The van der Waals surface area contributed by atoms with Crippen LogP contribution in [0.2, 0.25) is 0 Å². The van der Waals surface area contributed by atoms with Gasteiger partial charge >= 0.3 is 6.09 Å². The van der Waals surface area contributed by atoms with E-state index in [4.69, 9.17) is 4.84 Å². The molecule has 2 aliphatic rings. The summed E-state index contributed by atoms with van der Waals surface area (Å²) in [6.07, 6.45) is 13.5. The lowest BCUT2D eigenvalue weighted by Crippen LogP contribution is -2.58. The van der Waals surface area contributed by atoms with Crippen LogP contribution in [-0.4, -0.2) is 59.7 Å². The number of hydroxylamine groups is 1. The van der Waals surface area contributed by atoms with Crippen LogP contribution in [0, 0.1) is 0 Å². The van der Waals surface area contributed by atoms with Gasteiger partial charge in [0.05, 0.1) is 0 Å². The first-order chi connectivity index (χ1) is 17.0. The minimum Gasteiger partial charge on any atom is -0.352 e. The fraction of sp³-hybridized carbons (Fsp3) is 0.714. The van der Waals surface area contributed by atoms with Gasteiger partial charge in [0.2, 0.25) is 0 Å². The zero-order valence-electron chi connectivity index (χ0n) is 22.1. The van der Waals surface area contributed by atoms with Crippen molar-refractivity contribution in [2.24, 2.45) is 0 Å². The number of carbonyl (C=O) groups is 2. The lowest BCUT2D eigenvalue weighted by Gasteiger charge is -2.44. The molecular weight excluding hydrogens is 440 g/mol. The van der Waals surface area contributed by atoms with Crippen LogP contribution in [-0.2, 0) is 11.3 Å². The highest BCUT2D eigenvalue weighted by Gasteiger charge is 2.32. The number of carbonyl (C=O) groups excluding carboxylic acids is 2. The molecule has 196 valence electrons. The van der Waals surface area contributed by atoms with Crippen LogP contribution in [0.15, 0.2) is 24.3 Å². The van der Waals surface area contributed by atoms with Crippen molar-refractivity contribution < 1.29 is 14.4 Å². The Kier molecular flexibility index (Phi) is 11.3. The number of hydrogen-bond acceptors (Lipinski definition) is 5. The molecule has 7 heteroatoms. The van der Waals surface area contributed by atoms with E-state index in [2.05, 4.69) is 36.5 Å². The van der Waals surface area contributed by atoms with Gasteiger partial charge in [0.25, 0.3) is 5.91 Å². The average Bonchev–Trinajstić information content (AvgIpc) is 3.26. The topological polar surface area (TPSA) is 73.9 Å². The highest BCUT2D eigenvalue weighted by molar-refractivity contribution is 5.94. The lowest BCUT2D eigenvalue weighted by molar-refractivity contribution is 0.0312. The van der Waals surface area contributed by atoms with E-state index in [-0.39, 0.29) is 18.1 Å². The Morgan fingerprint density at radius 2 is 1.54 bits per heavy atom. The van der Waals surface area contributed by atoms with Crippen molar-refractivity contribution in [2.45, 2.75) is 110 Å². The molecule has 3 rings (SSSR count). The number of unbranched alkanes of at least 4 members (excludes halogenated alkanes) is 9. The highest BCUT2D eigenvalue weighted by atomic mass is 16.7. The van der Waals surface area contributed by atoms with Crippen LogP contribution in [0.3, 0.4) is 0 Å². The van der Waals surface area contributed by atoms with Crippen molar-refractivity contribution in [3.63, 3.8) is 0 Å². The van der Waals surface area contributed by atoms with Crippen LogP contribution in [0.5, 0.6) is 0 Å². The Balaban J connectivity index is 1.35. The standard InChI is InChI=1S/C28H46N4O3/c1-4-5-6-7-8-9-10-11-12-13-18-31-20-23(3)32(21-22(31)2)27(33)25-16-14-24(15-17-25)19-26-29-28(34)35-30-26/h14-17,22-23,26,30H,4-13,18-21H2,1-3H3,(H,29,34). The lowest BCUT2D eigenvalue weighted by atomic mass is 10.0. The molecule has 2 aliphatic heterocycles. The molecule has 1 aromatic carbocycles. The summed E-state index contributed by atoms with van der Waals surface area (Å²) >= 11 is 0. The maximum absolute atomic E-state index is 13.2. The van der Waals surface area contributed by atoms with Crippen LogP contribution >= 0.6 is 0 Å². The number of hydrogen-bond donors (Lipinski definition) is 2. The number of nitrogens with one attached hydrogen (secondary N) is 2.